The van der Waals surface area contributed by atoms with Crippen molar-refractivity contribution in [1.82, 2.24) is 14.9 Å². The number of amides is 1. The SMILES string of the molecule is Cn1cnc2cc(NC(=O)C3CCNCC3)ccc21. The molecule has 0 unspecified atom stereocenters. The first-order chi connectivity index (χ1) is 9.24. The van der Waals surface area contributed by atoms with Crippen molar-refractivity contribution >= 4 is 22.6 Å². The molecule has 1 fully saturated rings. The number of carbonyl (C=O) groups excluding carboxylic acids is 1. The lowest BCUT2D eigenvalue weighted by Crippen LogP contribution is -2.34. The number of carbonyl (C=O) groups is 1. The molecular weight excluding hydrogens is 240 g/mol. The molecule has 1 aromatic carbocycles. The Bertz CT molecular complexity index is 599. The maximum Gasteiger partial charge on any atom is 0.227 e. The van der Waals surface area contributed by atoms with Gasteiger partial charge in [0.05, 0.1) is 17.4 Å². The molecule has 0 bridgehead atoms. The number of benzene rings is 1. The highest BCUT2D eigenvalue weighted by Gasteiger charge is 2.20. The van der Waals surface area contributed by atoms with Gasteiger partial charge in [0.1, 0.15) is 0 Å². The molecule has 19 heavy (non-hydrogen) atoms. The molecule has 0 spiro atoms. The summed E-state index contributed by atoms with van der Waals surface area (Å²) in [5, 5.41) is 6.26. The fourth-order valence-corrected chi connectivity index (χ4v) is 2.54. The van der Waals surface area contributed by atoms with Crippen LogP contribution in [0.3, 0.4) is 0 Å². The molecule has 0 aliphatic carbocycles. The maximum absolute atomic E-state index is 12.1. The zero-order valence-electron chi connectivity index (χ0n) is 11.0. The first-order valence-electron chi connectivity index (χ1n) is 6.67. The van der Waals surface area contributed by atoms with Crippen molar-refractivity contribution in [2.45, 2.75) is 12.8 Å². The molecule has 5 heteroatoms. The number of piperidine rings is 1. The monoisotopic (exact) mass is 258 g/mol. The molecule has 3 rings (SSSR count). The van der Waals surface area contributed by atoms with Crippen LogP contribution in [0.5, 0.6) is 0 Å². The Balaban J connectivity index is 1.75. The van der Waals surface area contributed by atoms with Crippen LogP contribution in [0, 0.1) is 5.92 Å². The van der Waals surface area contributed by atoms with Gasteiger partial charge in [-0.25, -0.2) is 4.98 Å². The van der Waals surface area contributed by atoms with Crippen molar-refractivity contribution in [3.63, 3.8) is 0 Å². The zero-order valence-corrected chi connectivity index (χ0v) is 11.0. The van der Waals surface area contributed by atoms with Gasteiger partial charge in [0.15, 0.2) is 0 Å². The Hall–Kier alpha value is -1.88. The van der Waals surface area contributed by atoms with Gasteiger partial charge in [-0.2, -0.15) is 0 Å². The largest absolute Gasteiger partial charge is 0.334 e. The van der Waals surface area contributed by atoms with Crippen molar-refractivity contribution in [2.75, 3.05) is 18.4 Å². The van der Waals surface area contributed by atoms with Crippen LogP contribution in [-0.4, -0.2) is 28.5 Å². The summed E-state index contributed by atoms with van der Waals surface area (Å²) >= 11 is 0. The molecular formula is C14H18N4O. The normalized spacial score (nSPS) is 16.7. The van der Waals surface area contributed by atoms with Crippen molar-refractivity contribution in [3.05, 3.63) is 24.5 Å². The second kappa shape index (κ2) is 5.01. The number of nitrogens with zero attached hydrogens (tertiary/aromatic N) is 2. The summed E-state index contributed by atoms with van der Waals surface area (Å²) in [5.74, 6) is 0.248. The number of aromatic nitrogens is 2. The number of rotatable bonds is 2. The van der Waals surface area contributed by atoms with Gasteiger partial charge < -0.3 is 15.2 Å². The van der Waals surface area contributed by atoms with Crippen molar-refractivity contribution in [2.24, 2.45) is 13.0 Å². The van der Waals surface area contributed by atoms with E-state index in [1.807, 2.05) is 29.8 Å². The Kier molecular flexibility index (Phi) is 3.21. The van der Waals surface area contributed by atoms with E-state index < -0.39 is 0 Å². The van der Waals surface area contributed by atoms with Crippen LogP contribution < -0.4 is 10.6 Å². The van der Waals surface area contributed by atoms with E-state index in [2.05, 4.69) is 15.6 Å². The smallest absolute Gasteiger partial charge is 0.227 e. The van der Waals surface area contributed by atoms with Crippen LogP contribution in [-0.2, 0) is 11.8 Å². The van der Waals surface area contributed by atoms with Gasteiger partial charge in [-0.3, -0.25) is 4.79 Å². The van der Waals surface area contributed by atoms with Crippen molar-refractivity contribution in [1.29, 1.82) is 0 Å². The third-order valence-electron chi connectivity index (χ3n) is 3.70. The maximum atomic E-state index is 12.1. The standard InChI is InChI=1S/C14H18N4O/c1-18-9-16-12-8-11(2-3-13(12)18)17-14(19)10-4-6-15-7-5-10/h2-3,8-10,15H,4-7H2,1H3,(H,17,19). The Morgan fingerprint density at radius 2 is 2.21 bits per heavy atom. The molecule has 2 N–H and O–H groups in total. The van der Waals surface area contributed by atoms with E-state index in [1.54, 1.807) is 6.33 Å². The lowest BCUT2D eigenvalue weighted by molar-refractivity contribution is -0.120. The summed E-state index contributed by atoms with van der Waals surface area (Å²) in [4.78, 5) is 16.4. The minimum Gasteiger partial charge on any atom is -0.334 e. The van der Waals surface area contributed by atoms with Gasteiger partial charge >= 0.3 is 0 Å². The summed E-state index contributed by atoms with van der Waals surface area (Å²) < 4.78 is 1.97. The number of fused-ring (bicyclic) bond motifs is 1. The lowest BCUT2D eigenvalue weighted by Gasteiger charge is -2.21. The van der Waals surface area contributed by atoms with E-state index in [9.17, 15) is 4.79 Å². The molecule has 0 radical (unpaired) electrons. The van der Waals surface area contributed by atoms with Crippen LogP contribution >= 0.6 is 0 Å². The molecule has 1 aliphatic rings. The first-order valence-corrected chi connectivity index (χ1v) is 6.67. The molecule has 1 aromatic heterocycles. The summed E-state index contributed by atoms with van der Waals surface area (Å²) in [6, 6.07) is 5.84. The van der Waals surface area contributed by atoms with Crippen LogP contribution in [0.1, 0.15) is 12.8 Å². The number of hydrogen-bond donors (Lipinski definition) is 2. The van der Waals surface area contributed by atoms with E-state index in [4.69, 9.17) is 0 Å². The van der Waals surface area contributed by atoms with E-state index in [0.29, 0.717) is 0 Å². The highest BCUT2D eigenvalue weighted by molar-refractivity contribution is 5.94. The summed E-state index contributed by atoms with van der Waals surface area (Å²) in [6.07, 6.45) is 3.61. The summed E-state index contributed by atoms with van der Waals surface area (Å²) in [6.45, 7) is 1.86. The average molecular weight is 258 g/mol. The number of anilines is 1. The molecule has 1 amide bonds. The molecule has 2 aromatic rings. The molecule has 2 heterocycles. The van der Waals surface area contributed by atoms with Gasteiger partial charge in [0.25, 0.3) is 0 Å². The lowest BCUT2D eigenvalue weighted by atomic mass is 9.97. The molecule has 1 saturated heterocycles. The highest BCUT2D eigenvalue weighted by atomic mass is 16.1. The van der Waals surface area contributed by atoms with Gasteiger partial charge in [-0.1, -0.05) is 0 Å². The average Bonchev–Trinajstić information content (AvgIpc) is 2.81. The minimum absolute atomic E-state index is 0.122. The van der Waals surface area contributed by atoms with Gasteiger partial charge in [0, 0.05) is 18.7 Å². The third-order valence-corrected chi connectivity index (χ3v) is 3.70. The number of imidazole rings is 1. The summed E-state index contributed by atoms with van der Waals surface area (Å²) in [5.41, 5.74) is 2.81. The summed E-state index contributed by atoms with van der Waals surface area (Å²) in [7, 11) is 1.96. The topological polar surface area (TPSA) is 59.0 Å². The zero-order chi connectivity index (χ0) is 13.2. The van der Waals surface area contributed by atoms with Gasteiger partial charge in [0.2, 0.25) is 5.91 Å². The molecule has 100 valence electrons. The van der Waals surface area contributed by atoms with Crippen LogP contribution in [0.25, 0.3) is 11.0 Å². The fraction of sp³-hybridized carbons (Fsp3) is 0.429. The van der Waals surface area contributed by atoms with Crippen LogP contribution in [0.4, 0.5) is 5.69 Å². The van der Waals surface area contributed by atoms with Gasteiger partial charge in [-0.05, 0) is 44.1 Å². The Labute approximate surface area is 112 Å². The van der Waals surface area contributed by atoms with Crippen LogP contribution in [0.15, 0.2) is 24.5 Å². The second-order valence-electron chi connectivity index (χ2n) is 5.07. The number of hydrogen-bond acceptors (Lipinski definition) is 3. The van der Waals surface area contributed by atoms with E-state index in [-0.39, 0.29) is 11.8 Å². The molecule has 1 aliphatic heterocycles. The van der Waals surface area contributed by atoms with Crippen molar-refractivity contribution in [3.8, 4) is 0 Å². The van der Waals surface area contributed by atoms with Crippen LogP contribution in [0.2, 0.25) is 0 Å². The predicted molar refractivity (Wildman–Crippen MR) is 74.9 cm³/mol. The number of nitrogens with one attached hydrogen (secondary N) is 2. The minimum atomic E-state index is 0.122. The molecule has 0 atom stereocenters. The van der Waals surface area contributed by atoms with E-state index in [0.717, 1.165) is 42.7 Å². The van der Waals surface area contributed by atoms with Crippen molar-refractivity contribution < 1.29 is 4.79 Å². The van der Waals surface area contributed by atoms with E-state index in [1.165, 1.54) is 0 Å². The quantitative estimate of drug-likeness (QED) is 0.858. The second-order valence-corrected chi connectivity index (χ2v) is 5.07. The Morgan fingerprint density at radius 3 is 3.00 bits per heavy atom. The van der Waals surface area contributed by atoms with E-state index >= 15 is 0 Å². The highest BCUT2D eigenvalue weighted by Crippen LogP contribution is 2.19. The third kappa shape index (κ3) is 2.46. The molecule has 5 nitrogen and oxygen atoms in total. The first kappa shape index (κ1) is 12.2. The number of aryl methyl sites for hydroxylation is 1. The Morgan fingerprint density at radius 1 is 1.42 bits per heavy atom. The van der Waals surface area contributed by atoms with Gasteiger partial charge in [-0.15, -0.1) is 0 Å². The fourth-order valence-electron chi connectivity index (χ4n) is 2.54. The predicted octanol–water partition coefficient (Wildman–Crippen LogP) is 1.51. The molecule has 0 saturated carbocycles.